The highest BCUT2D eigenvalue weighted by molar-refractivity contribution is 7.99. The Bertz CT molecular complexity index is 1140. The Kier molecular flexibility index (Phi) is 6.64. The van der Waals surface area contributed by atoms with Crippen molar-refractivity contribution in [1.82, 2.24) is 19.7 Å². The topological polar surface area (TPSA) is 103 Å². The van der Waals surface area contributed by atoms with Crippen LogP contribution in [0.25, 0.3) is 10.8 Å². The molecule has 0 bridgehead atoms. The van der Waals surface area contributed by atoms with Gasteiger partial charge in [-0.3, -0.25) is 9.59 Å². The fourth-order valence-electron chi connectivity index (χ4n) is 3.58. The van der Waals surface area contributed by atoms with E-state index in [-0.39, 0.29) is 24.0 Å². The molecule has 1 fully saturated rings. The Morgan fingerprint density at radius 2 is 1.94 bits per heavy atom. The van der Waals surface area contributed by atoms with Gasteiger partial charge in [-0.25, -0.2) is 0 Å². The van der Waals surface area contributed by atoms with Gasteiger partial charge in [-0.1, -0.05) is 30.0 Å². The van der Waals surface area contributed by atoms with Crippen LogP contribution in [-0.4, -0.2) is 51.4 Å². The van der Waals surface area contributed by atoms with Gasteiger partial charge in [0.2, 0.25) is 11.8 Å². The summed E-state index contributed by atoms with van der Waals surface area (Å²) in [6.07, 6.45) is 2.40. The predicted molar refractivity (Wildman–Crippen MR) is 124 cm³/mol. The van der Waals surface area contributed by atoms with Crippen molar-refractivity contribution in [1.29, 1.82) is 0 Å². The van der Waals surface area contributed by atoms with E-state index in [9.17, 15) is 9.59 Å². The van der Waals surface area contributed by atoms with Crippen LogP contribution < -0.4 is 10.5 Å². The average Bonchev–Trinajstić information content (AvgIpc) is 3.55. The summed E-state index contributed by atoms with van der Waals surface area (Å²) in [4.78, 5) is 25.7. The van der Waals surface area contributed by atoms with Crippen LogP contribution in [0.15, 0.2) is 41.6 Å². The Morgan fingerprint density at radius 3 is 2.66 bits per heavy atom. The second-order valence-electron chi connectivity index (χ2n) is 8.07. The fraction of sp³-hybridized carbons (Fsp3) is 0.391. The number of thioether (sulfide) groups is 1. The third-order valence-corrected chi connectivity index (χ3v) is 6.50. The summed E-state index contributed by atoms with van der Waals surface area (Å²) >= 11 is 1.35. The van der Waals surface area contributed by atoms with Gasteiger partial charge in [0.05, 0.1) is 12.9 Å². The Morgan fingerprint density at radius 1 is 1.19 bits per heavy atom. The van der Waals surface area contributed by atoms with E-state index in [4.69, 9.17) is 10.5 Å². The van der Waals surface area contributed by atoms with E-state index in [1.807, 2.05) is 34.9 Å². The molecule has 9 heteroatoms. The summed E-state index contributed by atoms with van der Waals surface area (Å²) in [7, 11) is 3.45. The van der Waals surface area contributed by atoms with Gasteiger partial charge in [0.25, 0.3) is 0 Å². The zero-order valence-electron chi connectivity index (χ0n) is 18.3. The van der Waals surface area contributed by atoms with Crippen molar-refractivity contribution in [3.05, 3.63) is 47.8 Å². The lowest BCUT2D eigenvalue weighted by atomic mass is 10.1. The number of aromatic nitrogens is 3. The number of nitrogens with two attached hydrogens (primary N) is 1. The molecule has 0 aliphatic heterocycles. The molecule has 0 atom stereocenters. The second kappa shape index (κ2) is 9.60. The molecule has 1 saturated carbocycles. The van der Waals surface area contributed by atoms with Crippen molar-refractivity contribution in [2.24, 2.45) is 5.73 Å². The summed E-state index contributed by atoms with van der Waals surface area (Å²) in [5, 5.41) is 11.4. The van der Waals surface area contributed by atoms with Gasteiger partial charge in [0.15, 0.2) is 5.16 Å². The van der Waals surface area contributed by atoms with Gasteiger partial charge >= 0.3 is 0 Å². The van der Waals surface area contributed by atoms with E-state index in [0.717, 1.165) is 40.8 Å². The van der Waals surface area contributed by atoms with Gasteiger partial charge < -0.3 is 19.9 Å². The molecule has 4 rings (SSSR count). The summed E-state index contributed by atoms with van der Waals surface area (Å²) in [6, 6.07) is 12.1. The number of nitrogens with zero attached hydrogens (tertiary/aromatic N) is 4. The van der Waals surface area contributed by atoms with E-state index in [2.05, 4.69) is 16.3 Å². The van der Waals surface area contributed by atoms with Crippen LogP contribution in [0.1, 0.15) is 36.6 Å². The summed E-state index contributed by atoms with van der Waals surface area (Å²) in [6.45, 7) is 0.964. The van der Waals surface area contributed by atoms with E-state index < -0.39 is 0 Å². The zero-order chi connectivity index (χ0) is 22.7. The molecule has 0 spiro atoms. The normalized spacial score (nSPS) is 13.3. The zero-order valence-corrected chi connectivity index (χ0v) is 19.1. The number of methoxy groups -OCH3 is 1. The van der Waals surface area contributed by atoms with Crippen LogP contribution in [0, 0.1) is 0 Å². The number of primary amides is 1. The number of benzene rings is 2. The molecule has 3 aromatic rings. The molecule has 1 heterocycles. The Labute approximate surface area is 191 Å². The average molecular weight is 454 g/mol. The maximum absolute atomic E-state index is 12.8. The van der Waals surface area contributed by atoms with Crippen molar-refractivity contribution < 1.29 is 14.3 Å². The highest BCUT2D eigenvalue weighted by Gasteiger charge is 2.30. The number of carbonyl (C=O) groups excluding carboxylic acids is 2. The van der Waals surface area contributed by atoms with E-state index >= 15 is 0 Å². The first-order valence-electron chi connectivity index (χ1n) is 10.6. The number of hydrogen-bond donors (Lipinski definition) is 1. The maximum Gasteiger partial charge on any atom is 0.233 e. The molecule has 1 aromatic heterocycles. The van der Waals surface area contributed by atoms with E-state index in [0.29, 0.717) is 24.2 Å². The third kappa shape index (κ3) is 5.21. The monoisotopic (exact) mass is 453 g/mol. The first-order chi connectivity index (χ1) is 15.4. The Balaban J connectivity index is 1.38. The first kappa shape index (κ1) is 22.1. The number of ether oxygens (including phenoxy) is 1. The lowest BCUT2D eigenvalue weighted by molar-refractivity contribution is -0.127. The quantitative estimate of drug-likeness (QED) is 0.474. The molecule has 2 aromatic carbocycles. The highest BCUT2D eigenvalue weighted by atomic mass is 32.2. The second-order valence-corrected chi connectivity index (χ2v) is 9.01. The molecule has 2 N–H and O–H groups in total. The molecule has 0 unspecified atom stereocenters. The van der Waals surface area contributed by atoms with E-state index in [1.54, 1.807) is 19.1 Å². The van der Waals surface area contributed by atoms with Crippen LogP contribution in [0.2, 0.25) is 0 Å². The molecular formula is C23H27N5O3S. The van der Waals surface area contributed by atoms with Gasteiger partial charge in [-0.2, -0.15) is 0 Å². The Hall–Kier alpha value is -3.07. The fourth-order valence-corrected chi connectivity index (χ4v) is 4.49. The minimum absolute atomic E-state index is 0.00208. The molecule has 168 valence electrons. The molecule has 1 aliphatic carbocycles. The molecular weight excluding hydrogens is 426 g/mol. The number of rotatable bonds is 10. The number of amides is 2. The molecule has 1 aliphatic rings. The minimum Gasteiger partial charge on any atom is -0.497 e. The molecule has 0 radical (unpaired) electrons. The number of hydrogen-bond acceptors (Lipinski definition) is 6. The largest absolute Gasteiger partial charge is 0.497 e. The van der Waals surface area contributed by atoms with Crippen molar-refractivity contribution in [3.63, 3.8) is 0 Å². The minimum atomic E-state index is -0.360. The summed E-state index contributed by atoms with van der Waals surface area (Å²) in [5.74, 6) is 2.00. The standard InChI is InChI=1S/C23H27N5O3S/c1-27(13-15-3-4-18-12-19(31-2)8-7-17(18)11-15)21(30)14-32-23-26-25-22(16-5-6-16)28(23)10-9-20(24)29/h3-4,7-8,11-12,16H,5-6,9-10,13-14H2,1-2H3,(H2,24,29). The smallest absolute Gasteiger partial charge is 0.233 e. The van der Waals surface area contributed by atoms with Crippen molar-refractivity contribution in [3.8, 4) is 5.75 Å². The van der Waals surface area contributed by atoms with Gasteiger partial charge in [0, 0.05) is 32.5 Å². The maximum atomic E-state index is 12.8. The van der Waals surface area contributed by atoms with Gasteiger partial charge in [-0.05, 0) is 47.4 Å². The van der Waals surface area contributed by atoms with Crippen LogP contribution >= 0.6 is 11.8 Å². The third-order valence-electron chi connectivity index (χ3n) is 5.55. The number of carbonyl (C=O) groups is 2. The predicted octanol–water partition coefficient (Wildman–Crippen LogP) is 2.94. The SMILES string of the molecule is COc1ccc2cc(CN(C)C(=O)CSc3nnc(C4CC4)n3CCC(N)=O)ccc2c1. The highest BCUT2D eigenvalue weighted by Crippen LogP contribution is 2.40. The van der Waals surface area contributed by atoms with Gasteiger partial charge in [0.1, 0.15) is 11.6 Å². The van der Waals surface area contributed by atoms with E-state index in [1.165, 1.54) is 11.8 Å². The molecule has 2 amide bonds. The summed E-state index contributed by atoms with van der Waals surface area (Å²) < 4.78 is 7.22. The van der Waals surface area contributed by atoms with Crippen molar-refractivity contribution >= 4 is 34.3 Å². The van der Waals surface area contributed by atoms with Crippen LogP contribution in [0.5, 0.6) is 5.75 Å². The van der Waals surface area contributed by atoms with Crippen molar-refractivity contribution in [2.75, 3.05) is 19.9 Å². The van der Waals surface area contributed by atoms with Crippen molar-refractivity contribution in [2.45, 2.75) is 43.4 Å². The van der Waals surface area contributed by atoms with Crippen LogP contribution in [-0.2, 0) is 22.7 Å². The van der Waals surface area contributed by atoms with Crippen LogP contribution in [0.3, 0.4) is 0 Å². The molecule has 8 nitrogen and oxygen atoms in total. The molecule has 0 saturated heterocycles. The molecule has 32 heavy (non-hydrogen) atoms. The van der Waals surface area contributed by atoms with Crippen LogP contribution in [0.4, 0.5) is 0 Å². The summed E-state index contributed by atoms with van der Waals surface area (Å²) in [5.41, 5.74) is 6.38. The van der Waals surface area contributed by atoms with Gasteiger partial charge in [-0.15, -0.1) is 10.2 Å². The first-order valence-corrected chi connectivity index (χ1v) is 11.6. The lowest BCUT2D eigenvalue weighted by Crippen LogP contribution is -2.28. The number of fused-ring (bicyclic) bond motifs is 1. The lowest BCUT2D eigenvalue weighted by Gasteiger charge is -2.17.